The average Bonchev–Trinajstić information content (AvgIpc) is 2.30. The first kappa shape index (κ1) is 11.2. The zero-order valence-corrected chi connectivity index (χ0v) is 9.69. The molecular weight excluding hydrogens is 200 g/mol. The van der Waals surface area contributed by atoms with Crippen molar-refractivity contribution in [2.24, 2.45) is 5.92 Å². The summed E-state index contributed by atoms with van der Waals surface area (Å²) >= 11 is 0. The van der Waals surface area contributed by atoms with Gasteiger partial charge in [0.1, 0.15) is 12.0 Å². The summed E-state index contributed by atoms with van der Waals surface area (Å²) in [5.41, 5.74) is 0.698. The van der Waals surface area contributed by atoms with Crippen LogP contribution in [0.25, 0.3) is 0 Å². The van der Waals surface area contributed by atoms with Gasteiger partial charge in [0.05, 0.1) is 6.10 Å². The minimum absolute atomic E-state index is 0.353. The molecule has 0 N–H and O–H groups in total. The molecule has 2 nitrogen and oxygen atoms in total. The molecule has 0 spiro atoms. The smallest absolute Gasteiger partial charge is 0.150 e. The van der Waals surface area contributed by atoms with Crippen LogP contribution in [0.5, 0.6) is 5.75 Å². The van der Waals surface area contributed by atoms with E-state index in [4.69, 9.17) is 4.74 Å². The molecule has 86 valence electrons. The Hall–Kier alpha value is -1.31. The third kappa shape index (κ3) is 2.84. The van der Waals surface area contributed by atoms with E-state index in [1.54, 1.807) is 12.1 Å². The summed E-state index contributed by atoms with van der Waals surface area (Å²) in [6.45, 7) is 2.28. The van der Waals surface area contributed by atoms with Crippen LogP contribution in [0.3, 0.4) is 0 Å². The summed E-state index contributed by atoms with van der Waals surface area (Å²) in [6.07, 6.45) is 6.09. The second kappa shape index (κ2) is 5.15. The molecule has 0 aliphatic heterocycles. The highest BCUT2D eigenvalue weighted by molar-refractivity contribution is 5.74. The number of carbonyl (C=O) groups is 1. The third-order valence-corrected chi connectivity index (χ3v) is 3.21. The normalized spacial score (nSPS) is 25.1. The lowest BCUT2D eigenvalue weighted by atomic mass is 9.89. The molecule has 0 aromatic heterocycles. The first-order valence-corrected chi connectivity index (χ1v) is 6.00. The SMILES string of the molecule is CC1CCCC(Oc2ccc(C=O)cc2)C1. The molecule has 0 amide bonds. The minimum atomic E-state index is 0.353. The van der Waals surface area contributed by atoms with E-state index in [1.165, 1.54) is 12.8 Å². The molecule has 0 saturated heterocycles. The number of aldehydes is 1. The maximum atomic E-state index is 10.5. The van der Waals surface area contributed by atoms with Gasteiger partial charge in [-0.25, -0.2) is 0 Å². The van der Waals surface area contributed by atoms with Crippen molar-refractivity contribution in [3.05, 3.63) is 29.8 Å². The number of rotatable bonds is 3. The van der Waals surface area contributed by atoms with Gasteiger partial charge in [-0.05, 0) is 49.4 Å². The van der Waals surface area contributed by atoms with Gasteiger partial charge in [-0.2, -0.15) is 0 Å². The van der Waals surface area contributed by atoms with Gasteiger partial charge in [0.25, 0.3) is 0 Å². The molecule has 1 fully saturated rings. The fourth-order valence-electron chi connectivity index (χ4n) is 2.30. The highest BCUT2D eigenvalue weighted by atomic mass is 16.5. The Bertz CT molecular complexity index is 342. The first-order valence-electron chi connectivity index (χ1n) is 6.00. The molecule has 0 radical (unpaired) electrons. The Morgan fingerprint density at radius 2 is 2.00 bits per heavy atom. The summed E-state index contributed by atoms with van der Waals surface area (Å²) in [5.74, 6) is 1.65. The Morgan fingerprint density at radius 3 is 2.62 bits per heavy atom. The third-order valence-electron chi connectivity index (χ3n) is 3.21. The minimum Gasteiger partial charge on any atom is -0.490 e. The second-order valence-electron chi connectivity index (χ2n) is 4.70. The van der Waals surface area contributed by atoms with Crippen LogP contribution >= 0.6 is 0 Å². The fourth-order valence-corrected chi connectivity index (χ4v) is 2.30. The molecule has 2 atom stereocenters. The maximum Gasteiger partial charge on any atom is 0.150 e. The van der Waals surface area contributed by atoms with Crippen molar-refractivity contribution in [3.8, 4) is 5.75 Å². The summed E-state index contributed by atoms with van der Waals surface area (Å²) in [5, 5.41) is 0. The summed E-state index contributed by atoms with van der Waals surface area (Å²) in [4.78, 5) is 10.5. The second-order valence-corrected chi connectivity index (χ2v) is 4.70. The van der Waals surface area contributed by atoms with E-state index in [1.807, 2.05) is 12.1 Å². The number of hydrogen-bond donors (Lipinski definition) is 0. The lowest BCUT2D eigenvalue weighted by molar-refractivity contribution is 0.112. The van der Waals surface area contributed by atoms with Gasteiger partial charge in [-0.15, -0.1) is 0 Å². The van der Waals surface area contributed by atoms with Crippen LogP contribution in [0.4, 0.5) is 0 Å². The molecule has 2 rings (SSSR count). The van der Waals surface area contributed by atoms with E-state index in [2.05, 4.69) is 6.92 Å². The van der Waals surface area contributed by atoms with Gasteiger partial charge in [0, 0.05) is 5.56 Å². The van der Waals surface area contributed by atoms with Crippen LogP contribution in [0.1, 0.15) is 43.0 Å². The monoisotopic (exact) mass is 218 g/mol. The fraction of sp³-hybridized carbons (Fsp3) is 0.500. The number of benzene rings is 1. The molecule has 1 aromatic carbocycles. The summed E-state index contributed by atoms with van der Waals surface area (Å²) in [6, 6.07) is 7.36. The van der Waals surface area contributed by atoms with Crippen LogP contribution in [0.15, 0.2) is 24.3 Å². The summed E-state index contributed by atoms with van der Waals surface area (Å²) < 4.78 is 5.91. The molecule has 2 unspecified atom stereocenters. The standard InChI is InChI=1S/C14H18O2/c1-11-3-2-4-14(9-11)16-13-7-5-12(10-15)6-8-13/h5-8,10-11,14H,2-4,9H2,1H3. The molecule has 1 aliphatic rings. The highest BCUT2D eigenvalue weighted by Crippen LogP contribution is 2.27. The van der Waals surface area contributed by atoms with E-state index >= 15 is 0 Å². The Kier molecular flexibility index (Phi) is 3.60. The van der Waals surface area contributed by atoms with Gasteiger partial charge in [-0.3, -0.25) is 4.79 Å². The van der Waals surface area contributed by atoms with Crippen molar-refractivity contribution < 1.29 is 9.53 Å². The molecule has 2 heteroatoms. The number of hydrogen-bond acceptors (Lipinski definition) is 2. The van der Waals surface area contributed by atoms with Crippen LogP contribution in [-0.2, 0) is 0 Å². The lowest BCUT2D eigenvalue weighted by Crippen LogP contribution is -2.24. The quantitative estimate of drug-likeness (QED) is 0.726. The van der Waals surface area contributed by atoms with Crippen molar-refractivity contribution in [2.75, 3.05) is 0 Å². The number of carbonyl (C=O) groups excluding carboxylic acids is 1. The Morgan fingerprint density at radius 1 is 1.25 bits per heavy atom. The molecule has 0 bridgehead atoms. The molecule has 1 saturated carbocycles. The predicted octanol–water partition coefficient (Wildman–Crippen LogP) is 3.46. The van der Waals surface area contributed by atoms with E-state index in [-0.39, 0.29) is 0 Å². The van der Waals surface area contributed by atoms with E-state index in [0.717, 1.165) is 30.8 Å². The molecule has 1 aromatic rings. The topological polar surface area (TPSA) is 26.3 Å². The van der Waals surface area contributed by atoms with Crippen LogP contribution in [0, 0.1) is 5.92 Å². The van der Waals surface area contributed by atoms with Gasteiger partial charge in [0.15, 0.2) is 0 Å². The maximum absolute atomic E-state index is 10.5. The van der Waals surface area contributed by atoms with Crippen molar-refractivity contribution in [2.45, 2.75) is 38.7 Å². The first-order chi connectivity index (χ1) is 7.78. The van der Waals surface area contributed by atoms with Crippen molar-refractivity contribution in [1.82, 2.24) is 0 Å². The highest BCUT2D eigenvalue weighted by Gasteiger charge is 2.19. The van der Waals surface area contributed by atoms with Crippen molar-refractivity contribution in [3.63, 3.8) is 0 Å². The zero-order valence-electron chi connectivity index (χ0n) is 9.69. The average molecular weight is 218 g/mol. The van der Waals surface area contributed by atoms with Crippen LogP contribution < -0.4 is 4.74 Å². The van der Waals surface area contributed by atoms with E-state index < -0.39 is 0 Å². The van der Waals surface area contributed by atoms with E-state index in [0.29, 0.717) is 11.7 Å². The van der Waals surface area contributed by atoms with Gasteiger partial charge >= 0.3 is 0 Å². The van der Waals surface area contributed by atoms with Gasteiger partial charge in [0.2, 0.25) is 0 Å². The zero-order chi connectivity index (χ0) is 11.4. The largest absolute Gasteiger partial charge is 0.490 e. The van der Waals surface area contributed by atoms with Crippen LogP contribution in [-0.4, -0.2) is 12.4 Å². The number of ether oxygens (including phenoxy) is 1. The van der Waals surface area contributed by atoms with Gasteiger partial charge < -0.3 is 4.74 Å². The molecule has 1 aliphatic carbocycles. The Labute approximate surface area is 96.6 Å². The Balaban J connectivity index is 1.94. The van der Waals surface area contributed by atoms with Gasteiger partial charge in [-0.1, -0.05) is 13.3 Å². The summed E-state index contributed by atoms with van der Waals surface area (Å²) in [7, 11) is 0. The molecule has 0 heterocycles. The van der Waals surface area contributed by atoms with Crippen molar-refractivity contribution >= 4 is 6.29 Å². The predicted molar refractivity (Wildman–Crippen MR) is 63.9 cm³/mol. The molecule has 16 heavy (non-hydrogen) atoms. The van der Waals surface area contributed by atoms with Crippen LogP contribution in [0.2, 0.25) is 0 Å². The lowest BCUT2D eigenvalue weighted by Gasteiger charge is -2.27. The molecular formula is C14H18O2. The van der Waals surface area contributed by atoms with Crippen molar-refractivity contribution in [1.29, 1.82) is 0 Å². The van der Waals surface area contributed by atoms with E-state index in [9.17, 15) is 4.79 Å².